The van der Waals surface area contributed by atoms with E-state index in [0.29, 0.717) is 16.4 Å². The lowest BCUT2D eigenvalue weighted by atomic mass is 10.0. The van der Waals surface area contributed by atoms with Gasteiger partial charge < -0.3 is 15.0 Å². The molecular weight excluding hydrogens is 631 g/mol. The zero-order valence-electron chi connectivity index (χ0n) is 24.7. The molecule has 2 amide bonds. The summed E-state index contributed by atoms with van der Waals surface area (Å²) in [7, 11) is -2.94. The summed E-state index contributed by atoms with van der Waals surface area (Å²) >= 11 is 13.0. The predicted octanol–water partition coefficient (Wildman–Crippen LogP) is 5.09. The number of nitro groups is 1. The van der Waals surface area contributed by atoms with E-state index in [4.69, 9.17) is 27.9 Å². The molecule has 44 heavy (non-hydrogen) atoms. The molecule has 0 aliphatic rings. The van der Waals surface area contributed by atoms with E-state index in [1.807, 2.05) is 32.0 Å². The molecule has 1 atom stereocenters. The summed E-state index contributed by atoms with van der Waals surface area (Å²) in [5.41, 5.74) is 0.493. The molecule has 0 unspecified atom stereocenters. The number of amides is 2. The van der Waals surface area contributed by atoms with Crippen molar-refractivity contribution in [2.75, 3.05) is 30.8 Å². The van der Waals surface area contributed by atoms with E-state index in [2.05, 4.69) is 5.32 Å². The fourth-order valence-corrected chi connectivity index (χ4v) is 5.77. The van der Waals surface area contributed by atoms with Gasteiger partial charge in [0.1, 0.15) is 24.0 Å². The van der Waals surface area contributed by atoms with E-state index in [1.165, 1.54) is 18.1 Å². The van der Waals surface area contributed by atoms with Gasteiger partial charge in [0.25, 0.3) is 5.69 Å². The molecule has 0 fully saturated rings. The van der Waals surface area contributed by atoms with Gasteiger partial charge in [-0.3, -0.25) is 24.0 Å². The lowest BCUT2D eigenvalue weighted by Gasteiger charge is -2.34. The number of nitro benzene ring substituents is 1. The lowest BCUT2D eigenvalue weighted by Crippen LogP contribution is -2.53. The van der Waals surface area contributed by atoms with Gasteiger partial charge >= 0.3 is 0 Å². The smallest absolute Gasteiger partial charge is 0.271 e. The molecule has 3 aromatic carbocycles. The highest BCUT2D eigenvalue weighted by atomic mass is 35.5. The molecule has 11 nitrogen and oxygen atoms in total. The van der Waals surface area contributed by atoms with Crippen LogP contribution in [-0.2, 0) is 32.6 Å². The number of benzene rings is 3. The first-order valence-corrected chi connectivity index (χ1v) is 16.2. The van der Waals surface area contributed by atoms with Crippen molar-refractivity contribution in [2.45, 2.75) is 32.9 Å². The Bertz CT molecular complexity index is 1580. The van der Waals surface area contributed by atoms with Crippen molar-refractivity contribution < 1.29 is 27.7 Å². The molecule has 0 aliphatic heterocycles. The Morgan fingerprint density at radius 3 is 2.20 bits per heavy atom. The maximum absolute atomic E-state index is 14.3. The first-order chi connectivity index (χ1) is 20.7. The number of anilines is 1. The highest BCUT2D eigenvalue weighted by Gasteiger charge is 2.35. The highest BCUT2D eigenvalue weighted by molar-refractivity contribution is 7.92. The van der Waals surface area contributed by atoms with Gasteiger partial charge in [-0.1, -0.05) is 73.4 Å². The Labute approximate surface area is 266 Å². The average Bonchev–Trinajstić information content (AvgIpc) is 2.97. The molecule has 3 aromatic rings. The number of non-ortho nitro benzene ring substituents is 1. The Morgan fingerprint density at radius 2 is 1.66 bits per heavy atom. The fraction of sp³-hybridized carbons (Fsp3) is 0.333. The first kappa shape index (κ1) is 34.6. The molecule has 236 valence electrons. The van der Waals surface area contributed by atoms with Crippen molar-refractivity contribution in [3.63, 3.8) is 0 Å². The number of hydrogen-bond donors (Lipinski definition) is 1. The Balaban J connectivity index is 2.16. The van der Waals surface area contributed by atoms with Crippen molar-refractivity contribution >= 4 is 56.4 Å². The summed E-state index contributed by atoms with van der Waals surface area (Å²) in [6, 6.07) is 16.2. The normalized spacial score (nSPS) is 12.0. The third-order valence-corrected chi connectivity index (χ3v) is 8.50. The molecule has 3 rings (SSSR count). The summed E-state index contributed by atoms with van der Waals surface area (Å²) in [5.74, 6) is -1.14. The van der Waals surface area contributed by atoms with Crippen LogP contribution in [0.15, 0.2) is 66.7 Å². The summed E-state index contributed by atoms with van der Waals surface area (Å²) in [4.78, 5) is 40.1. The third-order valence-electron chi connectivity index (χ3n) is 6.67. The van der Waals surface area contributed by atoms with Crippen LogP contribution in [0.5, 0.6) is 5.75 Å². The van der Waals surface area contributed by atoms with E-state index in [0.717, 1.165) is 24.0 Å². The van der Waals surface area contributed by atoms with Crippen molar-refractivity contribution in [2.24, 2.45) is 5.92 Å². The van der Waals surface area contributed by atoms with E-state index in [-0.39, 0.29) is 40.4 Å². The maximum Gasteiger partial charge on any atom is 0.271 e. The minimum absolute atomic E-state index is 0.00923. The molecule has 0 aliphatic carbocycles. The van der Waals surface area contributed by atoms with Gasteiger partial charge in [-0.25, -0.2) is 8.42 Å². The number of nitrogens with one attached hydrogen (secondary N) is 1. The summed E-state index contributed by atoms with van der Waals surface area (Å²) in [6.07, 6.45) is 0.961. The largest absolute Gasteiger partial charge is 0.495 e. The number of ether oxygens (including phenoxy) is 1. The molecule has 1 N–H and O–H groups in total. The van der Waals surface area contributed by atoms with Gasteiger partial charge in [0.15, 0.2) is 0 Å². The molecule has 0 saturated carbocycles. The zero-order valence-corrected chi connectivity index (χ0v) is 27.0. The van der Waals surface area contributed by atoms with E-state index in [1.54, 1.807) is 30.3 Å². The topological polar surface area (TPSA) is 139 Å². The van der Waals surface area contributed by atoms with Crippen molar-refractivity contribution in [1.29, 1.82) is 0 Å². The quantitative estimate of drug-likeness (QED) is 0.187. The van der Waals surface area contributed by atoms with Gasteiger partial charge in [0.2, 0.25) is 21.8 Å². The van der Waals surface area contributed by atoms with Gasteiger partial charge in [-0.15, -0.1) is 0 Å². The molecule has 14 heteroatoms. The van der Waals surface area contributed by atoms with Gasteiger partial charge in [-0.2, -0.15) is 0 Å². The van der Waals surface area contributed by atoms with Gasteiger partial charge in [0.05, 0.1) is 18.3 Å². The number of methoxy groups -OCH3 is 1. The van der Waals surface area contributed by atoms with Crippen molar-refractivity contribution in [3.05, 3.63) is 98.0 Å². The molecule has 0 spiro atoms. The molecule has 0 radical (unpaired) electrons. The van der Waals surface area contributed by atoms with Crippen LogP contribution in [-0.4, -0.2) is 62.6 Å². The maximum atomic E-state index is 14.3. The summed E-state index contributed by atoms with van der Waals surface area (Å²) in [6.45, 7) is 3.15. The number of carbonyl (C=O) groups is 2. The number of halogens is 2. The fourth-order valence-electron chi connectivity index (χ4n) is 4.41. The molecule has 0 bridgehead atoms. The van der Waals surface area contributed by atoms with Crippen LogP contribution in [0.1, 0.15) is 25.0 Å². The standard InChI is InChI=1S/C30H34Cl2N4O7S/c1-20(2)17-33-30(38)27(15-21-9-6-5-7-10-21)34(18-23-24(31)11-8-12-25(23)32)29(37)19-35(44(4,41)42)26-16-22(36(39)40)13-14-28(26)43-3/h5-14,16,20,27H,15,17-19H2,1-4H3,(H,33,38)/t27-/m0/s1. The van der Waals surface area contributed by atoms with Crippen molar-refractivity contribution in [1.82, 2.24) is 10.2 Å². The number of hydrogen-bond acceptors (Lipinski definition) is 7. The monoisotopic (exact) mass is 664 g/mol. The zero-order chi connectivity index (χ0) is 32.6. The second-order valence-electron chi connectivity index (χ2n) is 10.4. The van der Waals surface area contributed by atoms with Crippen LogP contribution >= 0.6 is 23.2 Å². The van der Waals surface area contributed by atoms with Gasteiger partial charge in [-0.05, 0) is 29.7 Å². The van der Waals surface area contributed by atoms with Crippen LogP contribution in [0.3, 0.4) is 0 Å². The Hall–Kier alpha value is -3.87. The van der Waals surface area contributed by atoms with Crippen LogP contribution in [0.25, 0.3) is 0 Å². The Morgan fingerprint density at radius 1 is 1.02 bits per heavy atom. The summed E-state index contributed by atoms with van der Waals surface area (Å²) < 4.78 is 32.2. The lowest BCUT2D eigenvalue weighted by molar-refractivity contribution is -0.384. The highest BCUT2D eigenvalue weighted by Crippen LogP contribution is 2.34. The number of sulfonamides is 1. The predicted molar refractivity (Wildman–Crippen MR) is 171 cm³/mol. The Kier molecular flexibility index (Phi) is 12.0. The summed E-state index contributed by atoms with van der Waals surface area (Å²) in [5, 5.41) is 14.9. The number of carbonyl (C=O) groups excluding carboxylic acids is 2. The van der Waals surface area contributed by atoms with Crippen LogP contribution in [0.2, 0.25) is 10.0 Å². The molecule has 0 saturated heterocycles. The molecule has 0 heterocycles. The van der Waals surface area contributed by atoms with E-state index in [9.17, 15) is 28.1 Å². The van der Waals surface area contributed by atoms with Crippen molar-refractivity contribution in [3.8, 4) is 5.75 Å². The van der Waals surface area contributed by atoms with E-state index < -0.39 is 45.0 Å². The second-order valence-corrected chi connectivity index (χ2v) is 13.2. The third kappa shape index (κ3) is 9.07. The first-order valence-electron chi connectivity index (χ1n) is 13.6. The second kappa shape index (κ2) is 15.2. The molecular formula is C30H34Cl2N4O7S. The van der Waals surface area contributed by atoms with Crippen LogP contribution in [0.4, 0.5) is 11.4 Å². The van der Waals surface area contributed by atoms with E-state index >= 15 is 0 Å². The average molecular weight is 666 g/mol. The van der Waals surface area contributed by atoms with Crippen LogP contribution < -0.4 is 14.4 Å². The minimum atomic E-state index is -4.21. The number of nitrogens with zero attached hydrogens (tertiary/aromatic N) is 3. The SMILES string of the molecule is COc1ccc([N+](=O)[O-])cc1N(CC(=O)N(Cc1c(Cl)cccc1Cl)[C@@H](Cc1ccccc1)C(=O)NCC(C)C)S(C)(=O)=O. The minimum Gasteiger partial charge on any atom is -0.495 e. The molecule has 0 aromatic heterocycles. The van der Waals surface area contributed by atoms with Crippen LogP contribution in [0, 0.1) is 16.0 Å². The number of rotatable bonds is 14. The van der Waals surface area contributed by atoms with Gasteiger partial charge in [0, 0.05) is 47.3 Å².